The zero-order valence-corrected chi connectivity index (χ0v) is 16.5. The smallest absolute Gasteiger partial charge is 0.407 e. The van der Waals surface area contributed by atoms with Crippen LogP contribution < -0.4 is 10.6 Å². The molecule has 1 aliphatic carbocycles. The van der Waals surface area contributed by atoms with E-state index in [0.29, 0.717) is 12.1 Å². The topological polar surface area (TPSA) is 67.4 Å². The van der Waals surface area contributed by atoms with Crippen molar-refractivity contribution >= 4 is 23.6 Å². The first-order valence-corrected chi connectivity index (χ1v) is 9.76. The van der Waals surface area contributed by atoms with Crippen LogP contribution in [0.3, 0.4) is 0 Å². The lowest BCUT2D eigenvalue weighted by Crippen LogP contribution is -2.47. The third-order valence-corrected chi connectivity index (χ3v) is 5.28. The van der Waals surface area contributed by atoms with E-state index in [1.165, 1.54) is 0 Å². The highest BCUT2D eigenvalue weighted by Gasteiger charge is 2.27. The van der Waals surface area contributed by atoms with Crippen LogP contribution in [0.4, 0.5) is 4.79 Å². The van der Waals surface area contributed by atoms with E-state index >= 15 is 0 Å². The first-order chi connectivity index (χ1) is 12.4. The Balaban J connectivity index is 1.84. The maximum Gasteiger partial charge on any atom is 0.407 e. The molecule has 3 atom stereocenters. The van der Waals surface area contributed by atoms with Crippen LogP contribution in [0, 0.1) is 12.8 Å². The van der Waals surface area contributed by atoms with E-state index in [9.17, 15) is 9.59 Å². The minimum absolute atomic E-state index is 0.114. The molecule has 1 fully saturated rings. The van der Waals surface area contributed by atoms with Gasteiger partial charge in [0.2, 0.25) is 0 Å². The zero-order chi connectivity index (χ0) is 19.1. The molecule has 1 aromatic rings. The van der Waals surface area contributed by atoms with Gasteiger partial charge in [-0.25, -0.2) is 4.79 Å². The van der Waals surface area contributed by atoms with Crippen LogP contribution in [0.5, 0.6) is 0 Å². The number of hydrogen-bond acceptors (Lipinski definition) is 3. The second-order valence-corrected chi connectivity index (χ2v) is 7.88. The van der Waals surface area contributed by atoms with Gasteiger partial charge in [-0.2, -0.15) is 0 Å². The molecule has 5 nitrogen and oxygen atoms in total. The van der Waals surface area contributed by atoms with Gasteiger partial charge in [-0.05, 0) is 44.2 Å². The summed E-state index contributed by atoms with van der Waals surface area (Å²) in [6.07, 6.45) is 3.08. The van der Waals surface area contributed by atoms with E-state index < -0.39 is 6.09 Å². The fraction of sp³-hybridized carbons (Fsp3) is 0.600. The molecule has 3 unspecified atom stereocenters. The predicted molar refractivity (Wildman–Crippen MR) is 104 cm³/mol. The Hall–Kier alpha value is -1.75. The Morgan fingerprint density at radius 3 is 2.46 bits per heavy atom. The molecule has 0 radical (unpaired) electrons. The summed E-state index contributed by atoms with van der Waals surface area (Å²) in [5, 5.41) is 5.63. The summed E-state index contributed by atoms with van der Waals surface area (Å²) in [6, 6.07) is 7.22. The van der Waals surface area contributed by atoms with Crippen molar-refractivity contribution in [3.63, 3.8) is 0 Å². The quantitative estimate of drug-likeness (QED) is 0.732. The lowest BCUT2D eigenvalue weighted by molar-refractivity contribution is 0.0759. The number of ether oxygens (including phenoxy) is 1. The zero-order valence-electron chi connectivity index (χ0n) is 15.8. The second-order valence-electron chi connectivity index (χ2n) is 7.32. The van der Waals surface area contributed by atoms with Crippen LogP contribution in [0.2, 0.25) is 0 Å². The summed E-state index contributed by atoms with van der Waals surface area (Å²) >= 11 is 6.23. The summed E-state index contributed by atoms with van der Waals surface area (Å²) in [6.45, 7) is 6.30. The van der Waals surface area contributed by atoms with Crippen molar-refractivity contribution in [3.05, 3.63) is 35.4 Å². The maximum absolute atomic E-state index is 12.4. The molecule has 2 amide bonds. The van der Waals surface area contributed by atoms with Gasteiger partial charge in [0.15, 0.2) is 0 Å². The fourth-order valence-corrected chi connectivity index (χ4v) is 3.30. The number of aryl methyl sites for hydroxylation is 1. The number of benzene rings is 1. The number of amides is 2. The molecular weight excluding hydrogens is 352 g/mol. The van der Waals surface area contributed by atoms with Crippen LogP contribution in [0.1, 0.15) is 55.5 Å². The van der Waals surface area contributed by atoms with Gasteiger partial charge in [0.05, 0.1) is 5.38 Å². The van der Waals surface area contributed by atoms with E-state index in [-0.39, 0.29) is 29.3 Å². The van der Waals surface area contributed by atoms with Crippen molar-refractivity contribution in [1.82, 2.24) is 10.6 Å². The van der Waals surface area contributed by atoms with Crippen LogP contribution in [0.25, 0.3) is 0 Å². The van der Waals surface area contributed by atoms with Crippen LogP contribution in [0.15, 0.2) is 24.3 Å². The molecule has 144 valence electrons. The molecule has 0 heterocycles. The molecule has 0 spiro atoms. The highest BCUT2D eigenvalue weighted by molar-refractivity contribution is 6.21. The molecule has 2 rings (SSSR count). The van der Waals surface area contributed by atoms with Gasteiger partial charge in [-0.3, -0.25) is 4.79 Å². The van der Waals surface area contributed by atoms with E-state index in [0.717, 1.165) is 31.2 Å². The average molecular weight is 381 g/mol. The van der Waals surface area contributed by atoms with Crippen molar-refractivity contribution in [2.45, 2.75) is 64.0 Å². The highest BCUT2D eigenvalue weighted by atomic mass is 35.5. The number of hydrogen-bond donors (Lipinski definition) is 2. The number of carbonyl (C=O) groups excluding carboxylic acids is 2. The lowest BCUT2D eigenvalue weighted by atomic mass is 9.97. The van der Waals surface area contributed by atoms with Crippen LogP contribution >= 0.6 is 11.6 Å². The van der Waals surface area contributed by atoms with Crippen molar-refractivity contribution < 1.29 is 14.3 Å². The number of carbonyl (C=O) groups is 2. The molecule has 6 heteroatoms. The first kappa shape index (κ1) is 20.6. The summed E-state index contributed by atoms with van der Waals surface area (Å²) in [5.74, 6) is 0.0205. The number of alkyl halides is 1. The van der Waals surface area contributed by atoms with Crippen molar-refractivity contribution in [1.29, 1.82) is 0 Å². The van der Waals surface area contributed by atoms with E-state index in [1.54, 1.807) is 12.1 Å². The Morgan fingerprint density at radius 2 is 1.85 bits per heavy atom. The minimum atomic E-state index is -0.474. The SMILES string of the molecule is Cc1ccc(C(=O)NC(CNC(=O)OC2CCCCC2Cl)C(C)C)cc1. The summed E-state index contributed by atoms with van der Waals surface area (Å²) in [7, 11) is 0. The van der Waals surface area contributed by atoms with Gasteiger partial charge in [0.1, 0.15) is 6.10 Å². The first-order valence-electron chi connectivity index (χ1n) is 9.33. The van der Waals surface area contributed by atoms with Crippen LogP contribution in [-0.4, -0.2) is 36.1 Å². The maximum atomic E-state index is 12.4. The number of alkyl carbamates (subject to hydrolysis) is 1. The molecule has 1 aliphatic rings. The highest BCUT2D eigenvalue weighted by Crippen LogP contribution is 2.25. The Kier molecular flexibility index (Phi) is 7.76. The summed E-state index contributed by atoms with van der Waals surface area (Å²) < 4.78 is 5.44. The van der Waals surface area contributed by atoms with Crippen molar-refractivity contribution in [2.75, 3.05) is 6.54 Å². The minimum Gasteiger partial charge on any atom is -0.445 e. The monoisotopic (exact) mass is 380 g/mol. The van der Waals surface area contributed by atoms with E-state index in [2.05, 4.69) is 10.6 Å². The molecular formula is C20H29ClN2O3. The molecule has 2 N–H and O–H groups in total. The van der Waals surface area contributed by atoms with Gasteiger partial charge in [-0.1, -0.05) is 38.0 Å². The molecule has 0 saturated heterocycles. The fourth-order valence-electron chi connectivity index (χ4n) is 2.97. The van der Waals surface area contributed by atoms with Gasteiger partial charge in [0.25, 0.3) is 5.91 Å². The average Bonchev–Trinajstić information content (AvgIpc) is 2.60. The van der Waals surface area contributed by atoms with Crippen LogP contribution in [-0.2, 0) is 4.74 Å². The Labute approximate surface area is 160 Å². The lowest BCUT2D eigenvalue weighted by Gasteiger charge is -2.28. The number of nitrogens with one attached hydrogen (secondary N) is 2. The van der Waals surface area contributed by atoms with Gasteiger partial charge in [-0.15, -0.1) is 11.6 Å². The van der Waals surface area contributed by atoms with E-state index in [4.69, 9.17) is 16.3 Å². The molecule has 1 saturated carbocycles. The standard InChI is InChI=1S/C20H29ClN2O3/c1-13(2)17(23-19(24)15-10-8-14(3)9-11-15)12-22-20(25)26-18-7-5-4-6-16(18)21/h8-11,13,16-18H,4-7,12H2,1-3H3,(H,22,25)(H,23,24). The number of halogens is 1. The Morgan fingerprint density at radius 1 is 1.19 bits per heavy atom. The Bertz CT molecular complexity index is 604. The summed E-state index contributed by atoms with van der Waals surface area (Å²) in [5.41, 5.74) is 1.71. The van der Waals surface area contributed by atoms with Crippen molar-refractivity contribution in [2.24, 2.45) is 5.92 Å². The largest absolute Gasteiger partial charge is 0.445 e. The molecule has 0 aliphatic heterocycles. The third-order valence-electron chi connectivity index (χ3n) is 4.78. The third kappa shape index (κ3) is 6.20. The van der Waals surface area contributed by atoms with Gasteiger partial charge >= 0.3 is 6.09 Å². The molecule has 26 heavy (non-hydrogen) atoms. The predicted octanol–water partition coefficient (Wildman–Crippen LogP) is 4.03. The van der Waals surface area contributed by atoms with Gasteiger partial charge in [0, 0.05) is 18.2 Å². The second kappa shape index (κ2) is 9.81. The molecule has 1 aromatic carbocycles. The summed E-state index contributed by atoms with van der Waals surface area (Å²) in [4.78, 5) is 24.5. The number of rotatable bonds is 6. The van der Waals surface area contributed by atoms with Crippen molar-refractivity contribution in [3.8, 4) is 0 Å². The van der Waals surface area contributed by atoms with Gasteiger partial charge < -0.3 is 15.4 Å². The molecule has 0 aromatic heterocycles. The van der Waals surface area contributed by atoms with E-state index in [1.807, 2.05) is 32.9 Å². The molecule has 0 bridgehead atoms. The normalized spacial score (nSPS) is 21.1.